The Balaban J connectivity index is 1.68. The maximum atomic E-state index is 14.8. The molecule has 2 heterocycles. The maximum absolute atomic E-state index is 14.8. The molecule has 1 saturated carbocycles. The monoisotopic (exact) mass is 503 g/mol. The lowest BCUT2D eigenvalue weighted by Crippen LogP contribution is -2.20. The molecule has 0 N–H and O–H groups in total. The normalized spacial score (nSPS) is 16.5. The van der Waals surface area contributed by atoms with Crippen molar-refractivity contribution in [3.05, 3.63) is 86.6 Å². The van der Waals surface area contributed by atoms with E-state index in [1.165, 1.54) is 23.8 Å². The molecular weight excluding hydrogens is 473 g/mol. The van der Waals surface area contributed by atoms with E-state index in [0.717, 1.165) is 48.7 Å². The summed E-state index contributed by atoms with van der Waals surface area (Å²) in [5.41, 5.74) is 3.85. The lowest BCUT2D eigenvalue weighted by atomic mass is 9.86. The Bertz CT molecular complexity index is 1530. The third-order valence-electron chi connectivity index (χ3n) is 7.07. The summed E-state index contributed by atoms with van der Waals surface area (Å²) >= 11 is 1.36. The minimum atomic E-state index is -0.312. The van der Waals surface area contributed by atoms with Gasteiger partial charge >= 0.3 is 0 Å². The summed E-state index contributed by atoms with van der Waals surface area (Å²) in [7, 11) is 1.85. The minimum absolute atomic E-state index is 0.204. The van der Waals surface area contributed by atoms with E-state index in [0.29, 0.717) is 21.7 Å². The van der Waals surface area contributed by atoms with Gasteiger partial charge in [0.1, 0.15) is 5.82 Å². The third kappa shape index (κ3) is 4.53. The van der Waals surface area contributed by atoms with Crippen LogP contribution in [0.1, 0.15) is 44.7 Å². The Hall–Kier alpha value is -3.52. The van der Waals surface area contributed by atoms with Crippen LogP contribution in [0.3, 0.4) is 0 Å². The zero-order chi connectivity index (χ0) is 25.2. The van der Waals surface area contributed by atoms with Gasteiger partial charge in [0, 0.05) is 23.7 Å². The summed E-state index contributed by atoms with van der Waals surface area (Å²) in [6.45, 7) is 4.12. The quantitative estimate of drug-likeness (QED) is 0.320. The van der Waals surface area contributed by atoms with E-state index >= 15 is 0 Å². The van der Waals surface area contributed by atoms with Crippen molar-refractivity contribution < 1.29 is 4.39 Å². The zero-order valence-electron chi connectivity index (χ0n) is 20.8. The van der Waals surface area contributed by atoms with Crippen LogP contribution in [0.5, 0.6) is 0 Å². The first-order valence-electron chi connectivity index (χ1n) is 12.4. The molecule has 0 saturated heterocycles. The van der Waals surface area contributed by atoms with Crippen LogP contribution in [0.2, 0.25) is 0 Å². The second kappa shape index (κ2) is 10.2. The van der Waals surface area contributed by atoms with Gasteiger partial charge in [-0.05, 0) is 62.8 Å². The van der Waals surface area contributed by atoms with E-state index in [4.69, 9.17) is 10.1 Å². The van der Waals surface area contributed by atoms with E-state index < -0.39 is 0 Å². The van der Waals surface area contributed by atoms with Crippen LogP contribution >= 0.6 is 11.3 Å². The Labute approximate surface area is 213 Å². The summed E-state index contributed by atoms with van der Waals surface area (Å²) in [6.07, 6.45) is 5.24. The van der Waals surface area contributed by atoms with Crippen molar-refractivity contribution >= 4 is 22.7 Å². The predicted molar refractivity (Wildman–Crippen MR) is 144 cm³/mol. The van der Waals surface area contributed by atoms with Crippen LogP contribution in [0.25, 0.3) is 16.9 Å². The number of hydrogen-bond acceptors (Lipinski definition) is 4. The fourth-order valence-electron chi connectivity index (χ4n) is 4.77. The zero-order valence-corrected chi connectivity index (χ0v) is 21.6. The average molecular weight is 504 g/mol. The summed E-state index contributed by atoms with van der Waals surface area (Å²) in [5.74, 6) is 0.419. The molecule has 1 aliphatic carbocycles. The number of thiazole rings is 1. The van der Waals surface area contributed by atoms with E-state index in [1.807, 2.05) is 60.4 Å². The second-order valence-corrected chi connectivity index (χ2v) is 10.1. The highest BCUT2D eigenvalue weighted by Crippen LogP contribution is 2.27. The molecule has 6 nitrogen and oxygen atoms in total. The smallest absolute Gasteiger partial charge is 0.283 e. The van der Waals surface area contributed by atoms with E-state index in [2.05, 4.69) is 6.92 Å². The van der Waals surface area contributed by atoms with Crippen LogP contribution in [0, 0.1) is 18.7 Å². The SMILES string of the molecule is CCC1CCC(=Nn2c(-c3ccccc3F)csc2=Nc2c(C)n(C)n(-c3ccccc3)c2=O)CC1. The van der Waals surface area contributed by atoms with Crippen molar-refractivity contribution in [1.29, 1.82) is 0 Å². The molecule has 5 rings (SSSR count). The van der Waals surface area contributed by atoms with Gasteiger partial charge < -0.3 is 0 Å². The lowest BCUT2D eigenvalue weighted by molar-refractivity contribution is 0.428. The molecule has 2 aromatic carbocycles. The van der Waals surface area contributed by atoms with Crippen molar-refractivity contribution in [2.45, 2.75) is 46.0 Å². The number of aromatic nitrogens is 3. The molecule has 4 aromatic rings. The molecule has 0 bridgehead atoms. The fraction of sp³-hybridized carbons (Fsp3) is 0.321. The fourth-order valence-corrected chi connectivity index (χ4v) is 5.59. The summed E-state index contributed by atoms with van der Waals surface area (Å²) < 4.78 is 19.9. The Kier molecular flexibility index (Phi) is 6.87. The standard InChI is InChI=1S/C28H30FN5OS/c1-4-20-14-16-21(17-15-20)31-33-25(23-12-8-9-13-24(23)29)18-36-28(33)30-26-19(2)32(3)34(27(26)35)22-10-6-5-7-11-22/h5-13,18,20H,4,14-17H2,1-3H3. The van der Waals surface area contributed by atoms with E-state index in [-0.39, 0.29) is 11.4 Å². The summed E-state index contributed by atoms with van der Waals surface area (Å²) in [6, 6.07) is 16.2. The van der Waals surface area contributed by atoms with E-state index in [9.17, 15) is 9.18 Å². The molecule has 36 heavy (non-hydrogen) atoms. The van der Waals surface area contributed by atoms with E-state index in [1.54, 1.807) is 21.5 Å². The van der Waals surface area contributed by atoms with Gasteiger partial charge in [-0.15, -0.1) is 11.3 Å². The second-order valence-electron chi connectivity index (χ2n) is 9.23. The molecule has 2 aromatic heterocycles. The molecule has 0 unspecified atom stereocenters. The Morgan fingerprint density at radius 3 is 2.44 bits per heavy atom. The molecule has 0 amide bonds. The van der Waals surface area contributed by atoms with Crippen LogP contribution in [-0.4, -0.2) is 19.8 Å². The van der Waals surface area contributed by atoms with Crippen LogP contribution in [-0.2, 0) is 7.05 Å². The highest BCUT2D eigenvalue weighted by atomic mass is 32.1. The highest BCUT2D eigenvalue weighted by molar-refractivity contribution is 7.07. The van der Waals surface area contributed by atoms with Gasteiger partial charge in [0.15, 0.2) is 5.69 Å². The van der Waals surface area contributed by atoms with Crippen LogP contribution in [0.15, 0.2) is 74.9 Å². The van der Waals surface area contributed by atoms with Gasteiger partial charge in [-0.3, -0.25) is 9.48 Å². The first-order chi connectivity index (χ1) is 17.5. The predicted octanol–water partition coefficient (Wildman–Crippen LogP) is 6.19. The van der Waals surface area contributed by atoms with Gasteiger partial charge in [0.05, 0.1) is 17.1 Å². The minimum Gasteiger partial charge on any atom is -0.283 e. The first kappa shape index (κ1) is 24.2. The van der Waals surface area contributed by atoms with Crippen LogP contribution < -0.4 is 10.4 Å². The third-order valence-corrected chi connectivity index (χ3v) is 7.88. The average Bonchev–Trinajstić information content (AvgIpc) is 3.38. The number of rotatable bonds is 5. The van der Waals surface area contributed by atoms with Crippen molar-refractivity contribution in [3.8, 4) is 16.9 Å². The highest BCUT2D eigenvalue weighted by Gasteiger charge is 2.20. The molecule has 0 atom stereocenters. The number of halogens is 1. The molecular formula is C28H30FN5OS. The number of para-hydroxylation sites is 1. The number of benzene rings is 2. The van der Waals surface area contributed by atoms with Crippen molar-refractivity contribution in [3.63, 3.8) is 0 Å². The van der Waals surface area contributed by atoms with Crippen molar-refractivity contribution in [2.24, 2.45) is 23.1 Å². The molecule has 1 fully saturated rings. The molecule has 0 radical (unpaired) electrons. The molecule has 1 aliphatic rings. The van der Waals surface area contributed by atoms with Crippen LogP contribution in [0.4, 0.5) is 10.1 Å². The molecule has 8 heteroatoms. The largest absolute Gasteiger partial charge is 0.297 e. The van der Waals surface area contributed by atoms with Gasteiger partial charge in [-0.1, -0.05) is 43.7 Å². The maximum Gasteiger partial charge on any atom is 0.297 e. The van der Waals surface area contributed by atoms with Crippen molar-refractivity contribution in [2.75, 3.05) is 0 Å². The lowest BCUT2D eigenvalue weighted by Gasteiger charge is -2.21. The number of hydrogen-bond donors (Lipinski definition) is 0. The Morgan fingerprint density at radius 2 is 1.75 bits per heavy atom. The summed E-state index contributed by atoms with van der Waals surface area (Å²) in [5, 5.41) is 6.84. The first-order valence-corrected chi connectivity index (χ1v) is 13.3. The Morgan fingerprint density at radius 1 is 1.06 bits per heavy atom. The van der Waals surface area contributed by atoms with Gasteiger partial charge in [0.2, 0.25) is 4.80 Å². The van der Waals surface area contributed by atoms with Crippen molar-refractivity contribution in [1.82, 2.24) is 14.0 Å². The van der Waals surface area contributed by atoms with Gasteiger partial charge in [0.25, 0.3) is 5.56 Å². The molecule has 0 aliphatic heterocycles. The molecule has 0 spiro atoms. The van der Waals surface area contributed by atoms with Gasteiger partial charge in [-0.2, -0.15) is 5.10 Å². The molecule has 186 valence electrons. The number of nitrogens with zero attached hydrogens (tertiary/aromatic N) is 5. The summed E-state index contributed by atoms with van der Waals surface area (Å²) in [4.78, 5) is 18.8. The van der Waals surface area contributed by atoms with Gasteiger partial charge in [-0.25, -0.2) is 18.7 Å². The topological polar surface area (TPSA) is 56.6 Å².